The van der Waals surface area contributed by atoms with Gasteiger partial charge in [-0.25, -0.2) is 5.48 Å². The van der Waals surface area contributed by atoms with Crippen LogP contribution in [0.25, 0.3) is 6.08 Å². The summed E-state index contributed by atoms with van der Waals surface area (Å²) in [5.41, 5.74) is 3.29. The van der Waals surface area contributed by atoms with Crippen LogP contribution >= 0.6 is 0 Å². The van der Waals surface area contributed by atoms with Crippen LogP contribution in [0.15, 0.2) is 30.3 Å². The van der Waals surface area contributed by atoms with Gasteiger partial charge < -0.3 is 5.11 Å². The van der Waals surface area contributed by atoms with Gasteiger partial charge in [-0.3, -0.25) is 20.1 Å². The molecule has 6 nitrogen and oxygen atoms in total. The highest BCUT2D eigenvalue weighted by atomic mass is 16.5. The summed E-state index contributed by atoms with van der Waals surface area (Å²) in [7, 11) is 0. The first-order valence-corrected chi connectivity index (χ1v) is 7.54. The monoisotopic (exact) mass is 320 g/mol. The lowest BCUT2D eigenvalue weighted by Crippen LogP contribution is -2.39. The first-order chi connectivity index (χ1) is 10.8. The Morgan fingerprint density at radius 3 is 2.26 bits per heavy atom. The number of amides is 1. The Kier molecular flexibility index (Phi) is 7.44. The molecule has 0 aromatic heterocycles. The largest absolute Gasteiger partial charge is 0.480 e. The molecule has 0 aliphatic heterocycles. The van der Waals surface area contributed by atoms with Crippen molar-refractivity contribution in [2.24, 2.45) is 5.92 Å². The number of carbonyl (C=O) groups excluding carboxylic acids is 1. The van der Waals surface area contributed by atoms with Gasteiger partial charge in [0.2, 0.25) is 0 Å². The van der Waals surface area contributed by atoms with Crippen molar-refractivity contribution in [1.29, 1.82) is 0 Å². The molecular weight excluding hydrogens is 296 g/mol. The molecule has 2 unspecified atom stereocenters. The number of carboxylic acid groups (broad SMARTS) is 1. The Labute approximate surface area is 136 Å². The lowest BCUT2D eigenvalue weighted by atomic mass is 10.0. The van der Waals surface area contributed by atoms with Crippen LogP contribution in [0.2, 0.25) is 0 Å². The predicted octanol–water partition coefficient (Wildman–Crippen LogP) is 2.36. The van der Waals surface area contributed by atoms with E-state index < -0.39 is 17.9 Å². The van der Waals surface area contributed by atoms with Crippen LogP contribution in [0.4, 0.5) is 0 Å². The summed E-state index contributed by atoms with van der Waals surface area (Å²) in [6, 6.07) is 6.72. The van der Waals surface area contributed by atoms with Gasteiger partial charge in [0.25, 0.3) is 5.91 Å². The van der Waals surface area contributed by atoms with E-state index in [0.29, 0.717) is 12.3 Å². The lowest BCUT2D eigenvalue weighted by Gasteiger charge is -2.22. The highest BCUT2D eigenvalue weighted by Gasteiger charge is 2.21. The van der Waals surface area contributed by atoms with E-state index in [-0.39, 0.29) is 6.04 Å². The number of hydrogen-bond donors (Lipinski definition) is 4. The van der Waals surface area contributed by atoms with Crippen LogP contribution in [0.5, 0.6) is 0 Å². The highest BCUT2D eigenvalue weighted by Crippen LogP contribution is 2.17. The number of hydroxylamine groups is 1. The van der Waals surface area contributed by atoms with Gasteiger partial charge in [-0.15, -0.1) is 0 Å². The molecule has 2 atom stereocenters. The predicted molar refractivity (Wildman–Crippen MR) is 87.8 cm³/mol. The quantitative estimate of drug-likeness (QED) is 0.335. The van der Waals surface area contributed by atoms with Crippen LogP contribution in [-0.4, -0.2) is 28.2 Å². The summed E-state index contributed by atoms with van der Waals surface area (Å²) in [6.07, 6.45) is 3.36. The molecule has 0 saturated heterocycles. The second-order valence-electron chi connectivity index (χ2n) is 5.88. The maximum atomic E-state index is 11.3. The molecule has 0 fully saturated rings. The maximum Gasteiger partial charge on any atom is 0.320 e. The fourth-order valence-corrected chi connectivity index (χ4v) is 2.21. The van der Waals surface area contributed by atoms with E-state index in [9.17, 15) is 14.7 Å². The summed E-state index contributed by atoms with van der Waals surface area (Å²) in [4.78, 5) is 22.2. The van der Waals surface area contributed by atoms with Gasteiger partial charge in [-0.1, -0.05) is 38.1 Å². The molecule has 0 spiro atoms. The number of nitrogens with one attached hydrogen (secondary N) is 2. The number of aliphatic carboxylic acids is 1. The zero-order valence-corrected chi connectivity index (χ0v) is 13.6. The number of benzene rings is 1. The van der Waals surface area contributed by atoms with Crippen molar-refractivity contribution in [3.05, 3.63) is 41.5 Å². The van der Waals surface area contributed by atoms with Crippen molar-refractivity contribution in [3.8, 4) is 0 Å². The van der Waals surface area contributed by atoms with Crippen LogP contribution in [0, 0.1) is 5.92 Å². The second kappa shape index (κ2) is 9.07. The standard InChI is InChI=1S/C17H24N2O4/c1-11(2)10-15(17(21)22)18-12(3)14-7-4-13(5-8-14)6-9-16(20)19-23/h4-9,11-12,15,18,23H,10H2,1-3H3,(H,19,20)(H,21,22)/b9-6+. The van der Waals surface area contributed by atoms with Crippen molar-refractivity contribution >= 4 is 18.0 Å². The molecule has 0 aliphatic carbocycles. The molecule has 23 heavy (non-hydrogen) atoms. The second-order valence-corrected chi connectivity index (χ2v) is 5.88. The van der Waals surface area contributed by atoms with E-state index in [2.05, 4.69) is 5.32 Å². The van der Waals surface area contributed by atoms with E-state index in [1.165, 1.54) is 11.6 Å². The minimum absolute atomic E-state index is 0.103. The third-order valence-corrected chi connectivity index (χ3v) is 3.43. The van der Waals surface area contributed by atoms with Crippen molar-refractivity contribution in [2.45, 2.75) is 39.3 Å². The molecule has 6 heteroatoms. The normalized spacial score (nSPS) is 14.0. The molecule has 1 rings (SSSR count). The number of hydrogen-bond acceptors (Lipinski definition) is 4. The topological polar surface area (TPSA) is 98.7 Å². The van der Waals surface area contributed by atoms with E-state index >= 15 is 0 Å². The van der Waals surface area contributed by atoms with Gasteiger partial charge >= 0.3 is 5.97 Å². The molecule has 1 aromatic carbocycles. The van der Waals surface area contributed by atoms with Crippen LogP contribution in [0.3, 0.4) is 0 Å². The molecular formula is C17H24N2O4. The molecule has 4 N–H and O–H groups in total. The fraction of sp³-hybridized carbons (Fsp3) is 0.412. The average Bonchev–Trinajstić information content (AvgIpc) is 2.51. The maximum absolute atomic E-state index is 11.3. The van der Waals surface area contributed by atoms with Crippen LogP contribution in [-0.2, 0) is 9.59 Å². The minimum atomic E-state index is -0.847. The van der Waals surface area contributed by atoms with Gasteiger partial charge in [0.1, 0.15) is 6.04 Å². The van der Waals surface area contributed by atoms with E-state index in [1.54, 1.807) is 6.08 Å². The van der Waals surface area contributed by atoms with E-state index in [4.69, 9.17) is 5.21 Å². The molecule has 0 bridgehead atoms. The van der Waals surface area contributed by atoms with Crippen molar-refractivity contribution in [3.63, 3.8) is 0 Å². The number of rotatable bonds is 8. The van der Waals surface area contributed by atoms with Crippen LogP contribution < -0.4 is 10.8 Å². The van der Waals surface area contributed by atoms with Gasteiger partial charge in [-0.2, -0.15) is 0 Å². The summed E-state index contributed by atoms with van der Waals surface area (Å²) in [5, 5.41) is 20.8. The fourth-order valence-electron chi connectivity index (χ4n) is 2.21. The zero-order valence-electron chi connectivity index (χ0n) is 13.6. The van der Waals surface area contributed by atoms with Gasteiger partial charge in [0.15, 0.2) is 0 Å². The smallest absolute Gasteiger partial charge is 0.320 e. The van der Waals surface area contributed by atoms with Crippen molar-refractivity contribution in [2.75, 3.05) is 0 Å². The molecule has 126 valence electrons. The SMILES string of the molecule is CC(C)CC(NC(C)c1ccc(/C=C/C(=O)NO)cc1)C(=O)O. The Morgan fingerprint density at radius 1 is 1.17 bits per heavy atom. The zero-order chi connectivity index (χ0) is 17.4. The van der Waals surface area contributed by atoms with E-state index in [0.717, 1.165) is 11.1 Å². The number of carbonyl (C=O) groups is 2. The first kappa shape index (κ1) is 18.9. The summed E-state index contributed by atoms with van der Waals surface area (Å²) in [5.74, 6) is -1.15. The van der Waals surface area contributed by atoms with Crippen LogP contribution in [0.1, 0.15) is 44.4 Å². The van der Waals surface area contributed by atoms with Crippen molar-refractivity contribution in [1.82, 2.24) is 10.8 Å². The molecule has 1 amide bonds. The first-order valence-electron chi connectivity index (χ1n) is 7.54. The van der Waals surface area contributed by atoms with Gasteiger partial charge in [0.05, 0.1) is 0 Å². The Balaban J connectivity index is 2.72. The Hall–Kier alpha value is -2.18. The molecule has 0 saturated carbocycles. The Morgan fingerprint density at radius 2 is 1.78 bits per heavy atom. The summed E-state index contributed by atoms with van der Waals surface area (Å²) in [6.45, 7) is 5.90. The van der Waals surface area contributed by atoms with E-state index in [1.807, 2.05) is 45.0 Å². The third kappa shape index (κ3) is 6.63. The molecule has 0 heterocycles. The van der Waals surface area contributed by atoms with Gasteiger partial charge in [0, 0.05) is 12.1 Å². The highest BCUT2D eigenvalue weighted by molar-refractivity contribution is 5.90. The molecule has 0 aliphatic rings. The van der Waals surface area contributed by atoms with Gasteiger partial charge in [-0.05, 0) is 36.5 Å². The summed E-state index contributed by atoms with van der Waals surface area (Å²) >= 11 is 0. The Bertz CT molecular complexity index is 552. The molecule has 1 aromatic rings. The molecule has 0 radical (unpaired) electrons. The lowest BCUT2D eigenvalue weighted by molar-refractivity contribution is -0.140. The van der Waals surface area contributed by atoms with Crippen molar-refractivity contribution < 1.29 is 19.9 Å². The third-order valence-electron chi connectivity index (χ3n) is 3.43. The summed E-state index contributed by atoms with van der Waals surface area (Å²) < 4.78 is 0. The average molecular weight is 320 g/mol. The minimum Gasteiger partial charge on any atom is -0.480 e. The number of carboxylic acids is 1.